The lowest BCUT2D eigenvalue weighted by Gasteiger charge is -2.15. The molecule has 0 aliphatic carbocycles. The average Bonchev–Trinajstić information content (AvgIpc) is 2.84. The molecule has 84 valence electrons. The van der Waals surface area contributed by atoms with Crippen molar-refractivity contribution in [2.24, 2.45) is 0 Å². The molecule has 0 bridgehead atoms. The summed E-state index contributed by atoms with van der Waals surface area (Å²) in [6.45, 7) is 0. The number of benzene rings is 1. The van der Waals surface area contributed by atoms with Gasteiger partial charge in [0.2, 0.25) is 0 Å². The van der Waals surface area contributed by atoms with Crippen LogP contribution in [0.2, 0.25) is 0 Å². The molecule has 0 aliphatic rings. The van der Waals surface area contributed by atoms with Crippen molar-refractivity contribution in [3.8, 4) is 5.75 Å². The van der Waals surface area contributed by atoms with Crippen LogP contribution in [0.1, 0.15) is 17.2 Å². The van der Waals surface area contributed by atoms with Crippen LogP contribution < -0.4 is 10.1 Å². The Kier molecular flexibility index (Phi) is 3.27. The Morgan fingerprint density at radius 2 is 2.12 bits per heavy atom. The molecule has 2 aromatic rings. The summed E-state index contributed by atoms with van der Waals surface area (Å²) in [6.07, 6.45) is 3.43. The van der Waals surface area contributed by atoms with E-state index in [1.807, 2.05) is 31.3 Å². The average molecular weight is 217 g/mol. The Labute approximate surface area is 95.0 Å². The van der Waals surface area contributed by atoms with E-state index in [0.29, 0.717) is 0 Å². The maximum Gasteiger partial charge on any atom is 0.119 e. The van der Waals surface area contributed by atoms with Gasteiger partial charge in [-0.3, -0.25) is 0 Å². The molecule has 0 fully saturated rings. The van der Waals surface area contributed by atoms with Gasteiger partial charge < -0.3 is 14.5 Å². The molecule has 1 heterocycles. The Bertz CT molecular complexity index is 437. The van der Waals surface area contributed by atoms with Crippen LogP contribution in [0.5, 0.6) is 5.75 Å². The highest BCUT2D eigenvalue weighted by atomic mass is 16.5. The molecule has 2 rings (SSSR count). The van der Waals surface area contributed by atoms with Gasteiger partial charge in [-0.15, -0.1) is 0 Å². The van der Waals surface area contributed by atoms with Gasteiger partial charge in [-0.25, -0.2) is 0 Å². The third-order valence-electron chi connectivity index (χ3n) is 2.59. The molecular weight excluding hydrogens is 202 g/mol. The summed E-state index contributed by atoms with van der Waals surface area (Å²) in [5, 5.41) is 3.26. The van der Waals surface area contributed by atoms with Crippen LogP contribution in [0.25, 0.3) is 0 Å². The molecule has 0 radical (unpaired) electrons. The zero-order chi connectivity index (χ0) is 11.4. The van der Waals surface area contributed by atoms with Gasteiger partial charge in [0.15, 0.2) is 0 Å². The van der Waals surface area contributed by atoms with Crippen LogP contribution in [-0.4, -0.2) is 14.2 Å². The normalized spacial score (nSPS) is 12.4. The molecule has 0 amide bonds. The number of nitrogens with one attached hydrogen (secondary N) is 1. The van der Waals surface area contributed by atoms with E-state index in [9.17, 15) is 0 Å². The van der Waals surface area contributed by atoms with Crippen molar-refractivity contribution >= 4 is 0 Å². The highest BCUT2D eigenvalue weighted by Gasteiger charge is 2.13. The summed E-state index contributed by atoms with van der Waals surface area (Å²) in [7, 11) is 3.60. The molecule has 0 aliphatic heterocycles. The fourth-order valence-corrected chi connectivity index (χ4v) is 1.79. The Hall–Kier alpha value is -1.74. The fourth-order valence-electron chi connectivity index (χ4n) is 1.79. The maximum absolute atomic E-state index is 5.22. The topological polar surface area (TPSA) is 34.4 Å². The quantitative estimate of drug-likeness (QED) is 0.854. The van der Waals surface area contributed by atoms with Crippen LogP contribution in [0, 0.1) is 0 Å². The standard InChI is InChI=1S/C13H15NO2/c1-14-13(11-6-7-16-9-11)10-4-3-5-12(8-10)15-2/h3-9,13-14H,1-2H3. The van der Waals surface area contributed by atoms with Gasteiger partial charge in [0.25, 0.3) is 0 Å². The molecule has 1 N–H and O–H groups in total. The SMILES string of the molecule is CNC(c1ccoc1)c1cccc(OC)c1. The second-order valence-corrected chi connectivity index (χ2v) is 3.55. The smallest absolute Gasteiger partial charge is 0.119 e. The second-order valence-electron chi connectivity index (χ2n) is 3.55. The van der Waals surface area contributed by atoms with Crippen molar-refractivity contribution in [2.75, 3.05) is 14.2 Å². The third-order valence-corrected chi connectivity index (χ3v) is 2.59. The van der Waals surface area contributed by atoms with Crippen LogP contribution in [0.4, 0.5) is 0 Å². The summed E-state index contributed by atoms with van der Waals surface area (Å²) in [6, 6.07) is 10.1. The molecule has 1 aromatic heterocycles. The summed E-state index contributed by atoms with van der Waals surface area (Å²) >= 11 is 0. The Morgan fingerprint density at radius 1 is 1.25 bits per heavy atom. The van der Waals surface area contributed by atoms with Gasteiger partial charge in [-0.05, 0) is 30.8 Å². The first-order valence-corrected chi connectivity index (χ1v) is 5.18. The molecule has 3 nitrogen and oxygen atoms in total. The third kappa shape index (κ3) is 2.09. The van der Waals surface area contributed by atoms with Gasteiger partial charge in [-0.1, -0.05) is 12.1 Å². The minimum atomic E-state index is 0.133. The first-order valence-electron chi connectivity index (χ1n) is 5.18. The van der Waals surface area contributed by atoms with Crippen LogP contribution in [-0.2, 0) is 0 Å². The van der Waals surface area contributed by atoms with Gasteiger partial charge in [0, 0.05) is 5.56 Å². The first kappa shape index (κ1) is 10.8. The fraction of sp³-hybridized carbons (Fsp3) is 0.231. The molecule has 0 saturated heterocycles. The van der Waals surface area contributed by atoms with E-state index in [1.54, 1.807) is 19.6 Å². The van der Waals surface area contributed by atoms with Gasteiger partial charge in [-0.2, -0.15) is 0 Å². The zero-order valence-corrected chi connectivity index (χ0v) is 9.44. The van der Waals surface area contributed by atoms with Crippen molar-refractivity contribution < 1.29 is 9.15 Å². The molecule has 3 heteroatoms. The highest BCUT2D eigenvalue weighted by Crippen LogP contribution is 2.24. The predicted molar refractivity (Wildman–Crippen MR) is 62.6 cm³/mol. The van der Waals surface area contributed by atoms with Gasteiger partial charge >= 0.3 is 0 Å². The highest BCUT2D eigenvalue weighted by molar-refractivity contribution is 5.35. The zero-order valence-electron chi connectivity index (χ0n) is 9.44. The number of furan rings is 1. The summed E-state index contributed by atoms with van der Waals surface area (Å²) in [5.41, 5.74) is 2.26. The van der Waals surface area contributed by atoms with E-state index in [1.165, 1.54) is 0 Å². The van der Waals surface area contributed by atoms with E-state index in [0.717, 1.165) is 16.9 Å². The van der Waals surface area contributed by atoms with Gasteiger partial charge in [0.05, 0.1) is 25.7 Å². The number of methoxy groups -OCH3 is 1. The Balaban J connectivity index is 2.33. The predicted octanol–water partition coefficient (Wildman–Crippen LogP) is 2.60. The van der Waals surface area contributed by atoms with E-state index >= 15 is 0 Å². The maximum atomic E-state index is 5.22. The largest absolute Gasteiger partial charge is 0.497 e. The van der Waals surface area contributed by atoms with E-state index in [4.69, 9.17) is 9.15 Å². The lowest BCUT2D eigenvalue weighted by atomic mass is 10.0. The monoisotopic (exact) mass is 217 g/mol. The van der Waals surface area contributed by atoms with Crippen LogP contribution in [0.15, 0.2) is 47.3 Å². The minimum Gasteiger partial charge on any atom is -0.497 e. The van der Waals surface area contributed by atoms with Crippen molar-refractivity contribution in [2.45, 2.75) is 6.04 Å². The van der Waals surface area contributed by atoms with Crippen molar-refractivity contribution in [3.63, 3.8) is 0 Å². The molecule has 16 heavy (non-hydrogen) atoms. The molecule has 1 unspecified atom stereocenters. The van der Waals surface area contributed by atoms with E-state index in [2.05, 4.69) is 11.4 Å². The number of hydrogen-bond donors (Lipinski definition) is 1. The number of rotatable bonds is 4. The molecule has 0 saturated carbocycles. The minimum absolute atomic E-state index is 0.133. The molecule has 1 aromatic carbocycles. The second kappa shape index (κ2) is 4.86. The first-order chi connectivity index (χ1) is 7.85. The summed E-state index contributed by atoms with van der Waals surface area (Å²) in [4.78, 5) is 0. The lowest BCUT2D eigenvalue weighted by molar-refractivity contribution is 0.413. The van der Waals surface area contributed by atoms with Crippen molar-refractivity contribution in [1.29, 1.82) is 0 Å². The van der Waals surface area contributed by atoms with E-state index < -0.39 is 0 Å². The van der Waals surface area contributed by atoms with Crippen LogP contribution >= 0.6 is 0 Å². The van der Waals surface area contributed by atoms with Crippen molar-refractivity contribution in [3.05, 3.63) is 54.0 Å². The summed E-state index contributed by atoms with van der Waals surface area (Å²) in [5.74, 6) is 0.862. The number of hydrogen-bond acceptors (Lipinski definition) is 3. The Morgan fingerprint density at radius 3 is 2.75 bits per heavy atom. The lowest BCUT2D eigenvalue weighted by Crippen LogP contribution is -2.16. The van der Waals surface area contributed by atoms with E-state index in [-0.39, 0.29) is 6.04 Å². The van der Waals surface area contributed by atoms with Crippen LogP contribution in [0.3, 0.4) is 0 Å². The number of ether oxygens (including phenoxy) is 1. The van der Waals surface area contributed by atoms with Crippen molar-refractivity contribution in [1.82, 2.24) is 5.32 Å². The molecular formula is C13H15NO2. The van der Waals surface area contributed by atoms with Gasteiger partial charge in [0.1, 0.15) is 5.75 Å². The molecule has 0 spiro atoms. The summed E-state index contributed by atoms with van der Waals surface area (Å²) < 4.78 is 10.3. The molecule has 1 atom stereocenters.